The highest BCUT2D eigenvalue weighted by Gasteiger charge is 2.13. The second kappa shape index (κ2) is 7.74. The molecule has 0 amide bonds. The molecule has 0 saturated carbocycles. The van der Waals surface area contributed by atoms with Crippen LogP contribution >= 0.6 is 0 Å². The number of aromatic nitrogens is 1. The molecule has 0 spiro atoms. The van der Waals surface area contributed by atoms with Crippen LogP contribution in [0.3, 0.4) is 0 Å². The van der Waals surface area contributed by atoms with Crippen LogP contribution in [0.15, 0.2) is 42.7 Å². The minimum atomic E-state index is -0.344. The summed E-state index contributed by atoms with van der Waals surface area (Å²) in [7, 11) is 0. The van der Waals surface area contributed by atoms with Gasteiger partial charge in [-0.1, -0.05) is 32.0 Å². The van der Waals surface area contributed by atoms with Crippen molar-refractivity contribution in [1.82, 2.24) is 10.3 Å². The summed E-state index contributed by atoms with van der Waals surface area (Å²) in [4.78, 5) is 3.83. The van der Waals surface area contributed by atoms with E-state index in [0.29, 0.717) is 6.61 Å². The lowest BCUT2D eigenvalue weighted by atomic mass is 10.0. The van der Waals surface area contributed by atoms with Crippen molar-refractivity contribution in [3.8, 4) is 5.75 Å². The summed E-state index contributed by atoms with van der Waals surface area (Å²) in [5.41, 5.74) is 1.85. The van der Waals surface area contributed by atoms with E-state index in [1.807, 2.05) is 18.2 Å². The number of halogens is 1. The van der Waals surface area contributed by atoms with Gasteiger partial charge in [-0.3, -0.25) is 4.98 Å². The third kappa shape index (κ3) is 4.26. The Morgan fingerprint density at radius 2 is 2.05 bits per heavy atom. The first-order valence-electron chi connectivity index (χ1n) is 7.29. The van der Waals surface area contributed by atoms with E-state index < -0.39 is 0 Å². The molecule has 1 N–H and O–H groups in total. The zero-order valence-electron chi connectivity index (χ0n) is 12.5. The van der Waals surface area contributed by atoms with Crippen molar-refractivity contribution in [2.75, 3.05) is 6.54 Å². The molecule has 1 aromatic carbocycles. The molecule has 1 unspecified atom stereocenters. The average Bonchev–Trinajstić information content (AvgIpc) is 2.51. The van der Waals surface area contributed by atoms with Gasteiger partial charge < -0.3 is 10.1 Å². The molecular weight excluding hydrogens is 267 g/mol. The predicted octanol–water partition coefficient (Wildman–Crippen LogP) is 3.86. The Morgan fingerprint density at radius 3 is 2.76 bits per heavy atom. The number of hydrogen-bond acceptors (Lipinski definition) is 3. The van der Waals surface area contributed by atoms with Gasteiger partial charge >= 0.3 is 0 Å². The molecule has 3 nitrogen and oxygen atoms in total. The van der Waals surface area contributed by atoms with Crippen LogP contribution < -0.4 is 10.1 Å². The summed E-state index contributed by atoms with van der Waals surface area (Å²) in [5, 5.41) is 3.44. The maximum Gasteiger partial charge on any atom is 0.141 e. The van der Waals surface area contributed by atoms with Gasteiger partial charge in [0.25, 0.3) is 0 Å². The van der Waals surface area contributed by atoms with Gasteiger partial charge in [0.05, 0.1) is 6.20 Å². The Bertz CT molecular complexity index is 574. The minimum Gasteiger partial charge on any atom is -0.489 e. The van der Waals surface area contributed by atoms with Crippen LogP contribution in [0.2, 0.25) is 0 Å². The fourth-order valence-corrected chi connectivity index (χ4v) is 2.32. The SMILES string of the molecule is CCNC(CC)c1ccccc1OCc1cncc(F)c1. The molecule has 0 aliphatic carbocycles. The highest BCUT2D eigenvalue weighted by atomic mass is 19.1. The van der Waals surface area contributed by atoms with Crippen LogP contribution in [0.4, 0.5) is 4.39 Å². The van der Waals surface area contributed by atoms with Gasteiger partial charge in [0.15, 0.2) is 0 Å². The van der Waals surface area contributed by atoms with E-state index in [0.717, 1.165) is 29.8 Å². The van der Waals surface area contributed by atoms with Crippen molar-refractivity contribution in [2.45, 2.75) is 32.9 Å². The molecule has 0 saturated heterocycles. The lowest BCUT2D eigenvalue weighted by Crippen LogP contribution is -2.20. The molecular formula is C17H21FN2O. The molecule has 0 aliphatic rings. The van der Waals surface area contributed by atoms with Crippen LogP contribution in [0, 0.1) is 5.82 Å². The third-order valence-corrected chi connectivity index (χ3v) is 3.31. The first-order chi connectivity index (χ1) is 10.2. The van der Waals surface area contributed by atoms with Crippen LogP contribution in [-0.4, -0.2) is 11.5 Å². The standard InChI is InChI=1S/C17H21FN2O/c1-3-16(20-4-2)15-7-5-6-8-17(15)21-12-13-9-14(18)11-19-10-13/h5-11,16,20H,3-4,12H2,1-2H3. The number of pyridine rings is 1. The number of para-hydroxylation sites is 1. The summed E-state index contributed by atoms with van der Waals surface area (Å²) >= 11 is 0. The van der Waals surface area contributed by atoms with Crippen molar-refractivity contribution >= 4 is 0 Å². The molecule has 112 valence electrons. The second-order valence-corrected chi connectivity index (χ2v) is 4.86. The molecule has 2 aromatic rings. The fourth-order valence-electron chi connectivity index (χ4n) is 2.32. The average molecular weight is 288 g/mol. The number of nitrogens with one attached hydrogen (secondary N) is 1. The largest absolute Gasteiger partial charge is 0.489 e. The van der Waals surface area contributed by atoms with Gasteiger partial charge in [-0.05, 0) is 25.1 Å². The highest BCUT2D eigenvalue weighted by molar-refractivity contribution is 5.36. The molecule has 1 aromatic heterocycles. The number of nitrogens with zero attached hydrogens (tertiary/aromatic N) is 1. The first kappa shape index (κ1) is 15.4. The van der Waals surface area contributed by atoms with Crippen molar-refractivity contribution in [3.05, 3.63) is 59.7 Å². The summed E-state index contributed by atoms with van der Waals surface area (Å²) < 4.78 is 19.0. The molecule has 0 fully saturated rings. The maximum atomic E-state index is 13.1. The van der Waals surface area contributed by atoms with Gasteiger partial charge in [0, 0.05) is 23.4 Å². The molecule has 0 radical (unpaired) electrons. The zero-order valence-corrected chi connectivity index (χ0v) is 12.5. The minimum absolute atomic E-state index is 0.261. The maximum absolute atomic E-state index is 13.1. The fraction of sp³-hybridized carbons (Fsp3) is 0.353. The van der Waals surface area contributed by atoms with E-state index in [-0.39, 0.29) is 11.9 Å². The van der Waals surface area contributed by atoms with Crippen molar-refractivity contribution in [2.24, 2.45) is 0 Å². The smallest absolute Gasteiger partial charge is 0.141 e. The van der Waals surface area contributed by atoms with Crippen molar-refractivity contribution in [3.63, 3.8) is 0 Å². The summed E-state index contributed by atoms with van der Waals surface area (Å²) in [6.07, 6.45) is 3.79. The second-order valence-electron chi connectivity index (χ2n) is 4.86. The number of ether oxygens (including phenoxy) is 1. The number of benzene rings is 1. The van der Waals surface area contributed by atoms with E-state index in [9.17, 15) is 4.39 Å². The van der Waals surface area contributed by atoms with Crippen LogP contribution in [0.1, 0.15) is 37.4 Å². The molecule has 0 bridgehead atoms. The molecule has 21 heavy (non-hydrogen) atoms. The summed E-state index contributed by atoms with van der Waals surface area (Å²) in [6, 6.07) is 9.67. The molecule has 2 rings (SSSR count). The quantitative estimate of drug-likeness (QED) is 0.840. The summed E-state index contributed by atoms with van der Waals surface area (Å²) in [5.74, 6) is 0.484. The van der Waals surface area contributed by atoms with E-state index in [4.69, 9.17) is 4.74 Å². The van der Waals surface area contributed by atoms with Crippen molar-refractivity contribution < 1.29 is 9.13 Å². The third-order valence-electron chi connectivity index (χ3n) is 3.31. The van der Waals surface area contributed by atoms with E-state index in [1.54, 1.807) is 6.20 Å². The van der Waals surface area contributed by atoms with E-state index in [2.05, 4.69) is 30.2 Å². The van der Waals surface area contributed by atoms with Crippen LogP contribution in [0.25, 0.3) is 0 Å². The number of hydrogen-bond donors (Lipinski definition) is 1. The van der Waals surface area contributed by atoms with Crippen LogP contribution in [-0.2, 0) is 6.61 Å². The van der Waals surface area contributed by atoms with Gasteiger partial charge in [0.2, 0.25) is 0 Å². The topological polar surface area (TPSA) is 34.1 Å². The number of rotatable bonds is 7. The molecule has 1 atom stereocenters. The molecule has 0 aliphatic heterocycles. The van der Waals surface area contributed by atoms with Crippen molar-refractivity contribution in [1.29, 1.82) is 0 Å². The van der Waals surface area contributed by atoms with E-state index in [1.165, 1.54) is 12.3 Å². The van der Waals surface area contributed by atoms with Gasteiger partial charge in [0.1, 0.15) is 18.2 Å². The lowest BCUT2D eigenvalue weighted by molar-refractivity contribution is 0.297. The van der Waals surface area contributed by atoms with E-state index >= 15 is 0 Å². The zero-order chi connectivity index (χ0) is 15.1. The first-order valence-corrected chi connectivity index (χ1v) is 7.29. The Balaban J connectivity index is 2.12. The molecule has 4 heteroatoms. The lowest BCUT2D eigenvalue weighted by Gasteiger charge is -2.20. The van der Waals surface area contributed by atoms with Gasteiger partial charge in [-0.25, -0.2) is 4.39 Å². The van der Waals surface area contributed by atoms with Crippen LogP contribution in [0.5, 0.6) is 5.75 Å². The Morgan fingerprint density at radius 1 is 1.24 bits per heavy atom. The Kier molecular flexibility index (Phi) is 5.69. The normalized spacial score (nSPS) is 12.1. The Labute approximate surface area is 125 Å². The predicted molar refractivity (Wildman–Crippen MR) is 81.7 cm³/mol. The summed E-state index contributed by atoms with van der Waals surface area (Å²) in [6.45, 7) is 5.44. The highest BCUT2D eigenvalue weighted by Crippen LogP contribution is 2.27. The monoisotopic (exact) mass is 288 g/mol. The molecule has 1 heterocycles. The van der Waals surface area contributed by atoms with Gasteiger partial charge in [-0.2, -0.15) is 0 Å². The Hall–Kier alpha value is -1.94. The van der Waals surface area contributed by atoms with Gasteiger partial charge in [-0.15, -0.1) is 0 Å².